The van der Waals surface area contributed by atoms with E-state index in [9.17, 15) is 13.8 Å². The van der Waals surface area contributed by atoms with E-state index in [1.807, 2.05) is 81.4 Å². The quantitative estimate of drug-likeness (QED) is 0.464. The number of hydrogen-bond donors (Lipinski definition) is 0. The minimum Gasteiger partial charge on any atom is -0.401 e. The van der Waals surface area contributed by atoms with Gasteiger partial charge in [-0.3, -0.25) is 9.59 Å². The number of benzene rings is 3. The van der Waals surface area contributed by atoms with Crippen LogP contribution >= 0.6 is 0 Å². The van der Waals surface area contributed by atoms with Gasteiger partial charge >= 0.3 is 0 Å². The number of rotatable bonds is 4. The third-order valence-electron chi connectivity index (χ3n) is 4.15. The molecule has 4 nitrogen and oxygen atoms in total. The van der Waals surface area contributed by atoms with E-state index in [-0.39, 0.29) is 11.6 Å². The Hall–Kier alpha value is -3.05. The predicted octanol–water partition coefficient (Wildman–Crippen LogP) is 6.06. The molecule has 0 heterocycles. The van der Waals surface area contributed by atoms with Crippen LogP contribution in [0.1, 0.15) is 51.3 Å². The Morgan fingerprint density at radius 1 is 0.613 bits per heavy atom. The lowest BCUT2D eigenvalue weighted by Gasteiger charge is -1.99. The maximum absolute atomic E-state index is 10.8. The van der Waals surface area contributed by atoms with Crippen LogP contribution in [0.5, 0.6) is 5.75 Å². The number of ketones is 2. The third-order valence-corrected chi connectivity index (χ3v) is 4.58. The molecule has 0 aliphatic rings. The summed E-state index contributed by atoms with van der Waals surface area (Å²) in [5.41, 5.74) is 5.10. The lowest BCUT2D eigenvalue weighted by Crippen LogP contribution is -1.95. The molecule has 3 aromatic rings. The second-order valence-electron chi connectivity index (χ2n) is 7.14. The minimum atomic E-state index is -1.22. The number of carbonyl (C=O) groups excluding carboxylic acids is 2. The summed E-state index contributed by atoms with van der Waals surface area (Å²) in [6.45, 7) is 9.15. The first-order chi connectivity index (χ1) is 14.6. The average Bonchev–Trinajstić information content (AvgIpc) is 2.71. The molecule has 0 aliphatic carbocycles. The minimum absolute atomic E-state index is 0.125. The monoisotopic (exact) mass is 438 g/mol. The van der Waals surface area contributed by atoms with E-state index in [1.165, 1.54) is 22.9 Å². The smallest absolute Gasteiger partial charge is 0.203 e. The van der Waals surface area contributed by atoms with E-state index in [4.69, 9.17) is 4.18 Å². The molecular formula is C26H30O4S. The molecule has 164 valence electrons. The van der Waals surface area contributed by atoms with Crippen molar-refractivity contribution in [2.45, 2.75) is 34.6 Å². The second kappa shape index (κ2) is 13.3. The van der Waals surface area contributed by atoms with Gasteiger partial charge in [0.1, 0.15) is 5.75 Å². The molecule has 3 rings (SSSR count). The van der Waals surface area contributed by atoms with E-state index < -0.39 is 11.1 Å². The van der Waals surface area contributed by atoms with Crippen molar-refractivity contribution in [1.82, 2.24) is 0 Å². The number of aryl methyl sites for hydroxylation is 3. The van der Waals surface area contributed by atoms with Crippen LogP contribution in [-0.2, 0) is 11.1 Å². The molecule has 0 spiro atoms. The topological polar surface area (TPSA) is 60.4 Å². The van der Waals surface area contributed by atoms with Crippen LogP contribution in [0.15, 0.2) is 72.8 Å². The highest BCUT2D eigenvalue weighted by Gasteiger charge is 1.96. The van der Waals surface area contributed by atoms with E-state index >= 15 is 0 Å². The number of carbonyl (C=O) groups is 2. The van der Waals surface area contributed by atoms with Gasteiger partial charge in [-0.1, -0.05) is 77.4 Å². The summed E-state index contributed by atoms with van der Waals surface area (Å²) in [5, 5.41) is 0. The first-order valence-corrected chi connectivity index (χ1v) is 11.3. The van der Waals surface area contributed by atoms with Crippen LogP contribution in [0.2, 0.25) is 0 Å². The van der Waals surface area contributed by atoms with Crippen LogP contribution in [0.25, 0.3) is 0 Å². The summed E-state index contributed by atoms with van der Waals surface area (Å²) in [5.74, 6) is 0.899. The van der Waals surface area contributed by atoms with Gasteiger partial charge in [-0.05, 0) is 46.8 Å². The summed E-state index contributed by atoms with van der Waals surface area (Å²) in [6, 6.07) is 22.6. The standard InChI is InChI=1S/2C9H10O.C8H10O2S/c2*1-7-3-5-9(6-4-7)8(2)10;1-7-3-5-8(6-4-7)10-11(2)9/h2*3-6H,1-2H3;3-6H,1-2H3. The SMILES string of the molecule is CC(=O)c1ccc(C)cc1.CC(=O)c1ccc(C)cc1.Cc1ccc(OS(C)=O)cc1. The van der Waals surface area contributed by atoms with Gasteiger partial charge in [0, 0.05) is 17.4 Å². The third kappa shape index (κ3) is 11.1. The van der Waals surface area contributed by atoms with Crippen LogP contribution in [0.4, 0.5) is 0 Å². The van der Waals surface area contributed by atoms with Gasteiger partial charge in [0.2, 0.25) is 11.1 Å². The number of Topliss-reactive ketones (excluding diaryl/α,β-unsaturated/α-hetero) is 2. The van der Waals surface area contributed by atoms with Crippen LogP contribution in [0, 0.1) is 20.8 Å². The van der Waals surface area contributed by atoms with E-state index in [2.05, 4.69) is 0 Å². The fourth-order valence-corrected chi connectivity index (χ4v) is 2.69. The first-order valence-electron chi connectivity index (χ1n) is 9.82. The zero-order chi connectivity index (χ0) is 23.4. The lowest BCUT2D eigenvalue weighted by atomic mass is 10.1. The molecule has 0 aliphatic heterocycles. The van der Waals surface area contributed by atoms with Crippen molar-refractivity contribution >= 4 is 22.6 Å². The molecule has 0 saturated heterocycles. The van der Waals surface area contributed by atoms with Crippen molar-refractivity contribution in [3.63, 3.8) is 0 Å². The van der Waals surface area contributed by atoms with Gasteiger partial charge in [-0.25, -0.2) is 4.21 Å². The predicted molar refractivity (Wildman–Crippen MR) is 128 cm³/mol. The maximum atomic E-state index is 10.8. The summed E-state index contributed by atoms with van der Waals surface area (Å²) < 4.78 is 15.5. The van der Waals surface area contributed by atoms with Crippen molar-refractivity contribution in [2.75, 3.05) is 6.26 Å². The average molecular weight is 439 g/mol. The molecule has 31 heavy (non-hydrogen) atoms. The fraction of sp³-hybridized carbons (Fsp3) is 0.231. The highest BCUT2D eigenvalue weighted by atomic mass is 32.2. The Balaban J connectivity index is 0.000000233. The molecule has 0 amide bonds. The molecule has 0 bridgehead atoms. The fourth-order valence-electron chi connectivity index (χ4n) is 2.31. The van der Waals surface area contributed by atoms with E-state index in [0.29, 0.717) is 5.75 Å². The van der Waals surface area contributed by atoms with Gasteiger partial charge in [0.15, 0.2) is 11.6 Å². The Bertz CT molecular complexity index is 934. The van der Waals surface area contributed by atoms with Crippen LogP contribution < -0.4 is 4.18 Å². The van der Waals surface area contributed by atoms with E-state index in [1.54, 1.807) is 26.0 Å². The van der Waals surface area contributed by atoms with Gasteiger partial charge < -0.3 is 4.18 Å². The molecule has 1 unspecified atom stereocenters. The molecule has 0 N–H and O–H groups in total. The molecule has 5 heteroatoms. The van der Waals surface area contributed by atoms with Crippen molar-refractivity contribution in [3.8, 4) is 5.75 Å². The molecule has 3 aromatic carbocycles. The van der Waals surface area contributed by atoms with Gasteiger partial charge in [-0.2, -0.15) is 0 Å². The molecule has 0 radical (unpaired) electrons. The Kier molecular flexibility index (Phi) is 11.1. The van der Waals surface area contributed by atoms with Crippen LogP contribution in [0.3, 0.4) is 0 Å². The molecule has 0 aromatic heterocycles. The highest BCUT2D eigenvalue weighted by Crippen LogP contribution is 2.11. The number of hydrogen-bond acceptors (Lipinski definition) is 4. The summed E-state index contributed by atoms with van der Waals surface area (Å²) in [7, 11) is 0. The lowest BCUT2D eigenvalue weighted by molar-refractivity contribution is 0.100. The van der Waals surface area contributed by atoms with Crippen molar-refractivity contribution < 1.29 is 18.0 Å². The zero-order valence-corrected chi connectivity index (χ0v) is 19.8. The van der Waals surface area contributed by atoms with Crippen molar-refractivity contribution in [1.29, 1.82) is 0 Å². The molecule has 0 fully saturated rings. The summed E-state index contributed by atoms with van der Waals surface area (Å²) in [6.07, 6.45) is 1.50. The summed E-state index contributed by atoms with van der Waals surface area (Å²) in [4.78, 5) is 21.5. The molecule has 0 saturated carbocycles. The maximum Gasteiger partial charge on any atom is 0.203 e. The van der Waals surface area contributed by atoms with Gasteiger partial charge in [0.25, 0.3) is 0 Å². The largest absolute Gasteiger partial charge is 0.401 e. The van der Waals surface area contributed by atoms with Crippen molar-refractivity contribution in [2.24, 2.45) is 0 Å². The van der Waals surface area contributed by atoms with E-state index in [0.717, 1.165) is 11.1 Å². The summed E-state index contributed by atoms with van der Waals surface area (Å²) >= 11 is -1.22. The van der Waals surface area contributed by atoms with Crippen molar-refractivity contribution in [3.05, 3.63) is 101 Å². The second-order valence-corrected chi connectivity index (χ2v) is 8.11. The zero-order valence-electron chi connectivity index (χ0n) is 19.0. The van der Waals surface area contributed by atoms with Crippen LogP contribution in [-0.4, -0.2) is 22.0 Å². The normalized spacial score (nSPS) is 10.5. The first kappa shape index (κ1) is 26.0. The molecular weight excluding hydrogens is 408 g/mol. The molecule has 1 atom stereocenters. The van der Waals surface area contributed by atoms with Gasteiger partial charge in [-0.15, -0.1) is 0 Å². The van der Waals surface area contributed by atoms with Gasteiger partial charge in [0.05, 0.1) is 0 Å². The Labute approximate surface area is 187 Å². The Morgan fingerprint density at radius 3 is 1.16 bits per heavy atom. The Morgan fingerprint density at radius 2 is 0.903 bits per heavy atom. The highest BCUT2D eigenvalue weighted by molar-refractivity contribution is 7.79.